The summed E-state index contributed by atoms with van der Waals surface area (Å²) in [6, 6.07) is 6.11. The molecule has 1 aromatic carbocycles. The Balaban J connectivity index is 1.93. The van der Waals surface area contributed by atoms with Crippen molar-refractivity contribution in [3.63, 3.8) is 0 Å². The molecule has 2 fully saturated rings. The van der Waals surface area contributed by atoms with Gasteiger partial charge in [-0.3, -0.25) is 0 Å². The lowest BCUT2D eigenvalue weighted by Gasteiger charge is -2.51. The third-order valence-corrected chi connectivity index (χ3v) is 6.49. The molecule has 1 aromatic rings. The number of fused-ring (bicyclic) bond motifs is 1. The van der Waals surface area contributed by atoms with Gasteiger partial charge in [-0.1, -0.05) is 13.8 Å². The summed E-state index contributed by atoms with van der Waals surface area (Å²) in [5.74, 6) is 1.80. The van der Waals surface area contributed by atoms with Gasteiger partial charge < -0.3 is 14.2 Å². The zero-order chi connectivity index (χ0) is 16.9. The lowest BCUT2D eigenvalue weighted by Crippen LogP contribution is -2.51. The second-order valence-electron chi connectivity index (χ2n) is 8.02. The predicted molar refractivity (Wildman–Crippen MR) is 95.6 cm³/mol. The van der Waals surface area contributed by atoms with Crippen molar-refractivity contribution in [1.29, 1.82) is 0 Å². The van der Waals surface area contributed by atoms with Crippen LogP contribution in [0.3, 0.4) is 0 Å². The lowest BCUT2D eigenvalue weighted by atomic mass is 9.61. The van der Waals surface area contributed by atoms with Gasteiger partial charge >= 0.3 is 0 Å². The molecule has 0 unspecified atom stereocenters. The molecule has 0 aromatic heterocycles. The molecule has 3 nitrogen and oxygen atoms in total. The first kappa shape index (κ1) is 16.0. The second-order valence-corrected chi connectivity index (χ2v) is 8.02. The van der Waals surface area contributed by atoms with Gasteiger partial charge in [-0.25, -0.2) is 0 Å². The van der Waals surface area contributed by atoms with Crippen LogP contribution >= 0.6 is 0 Å². The topological polar surface area (TPSA) is 27.7 Å². The van der Waals surface area contributed by atoms with Crippen molar-refractivity contribution in [3.8, 4) is 11.5 Å². The highest BCUT2D eigenvalue weighted by molar-refractivity contribution is 5.80. The summed E-state index contributed by atoms with van der Waals surface area (Å²) in [5.41, 5.74) is 4.21. The molecular weight excluding hydrogens is 300 g/mol. The summed E-state index contributed by atoms with van der Waals surface area (Å²) in [4.78, 5) is 0. The van der Waals surface area contributed by atoms with Gasteiger partial charge in [0.1, 0.15) is 11.5 Å². The molecule has 3 aliphatic rings. The van der Waals surface area contributed by atoms with E-state index in [9.17, 15) is 0 Å². The van der Waals surface area contributed by atoms with Crippen LogP contribution in [0.15, 0.2) is 23.8 Å². The molecule has 4 rings (SSSR count). The minimum atomic E-state index is -0.0718. The Morgan fingerprint density at radius 1 is 1.08 bits per heavy atom. The van der Waals surface area contributed by atoms with Crippen LogP contribution in [0.2, 0.25) is 0 Å². The summed E-state index contributed by atoms with van der Waals surface area (Å²) in [7, 11) is 3.47. The van der Waals surface area contributed by atoms with E-state index in [1.165, 1.54) is 36.0 Å². The van der Waals surface area contributed by atoms with Gasteiger partial charge in [-0.15, -0.1) is 0 Å². The fraction of sp³-hybridized carbons (Fsp3) is 0.619. The van der Waals surface area contributed by atoms with E-state index >= 15 is 0 Å². The van der Waals surface area contributed by atoms with Crippen molar-refractivity contribution in [3.05, 3.63) is 29.3 Å². The van der Waals surface area contributed by atoms with Crippen LogP contribution in [0.25, 0.3) is 5.57 Å². The van der Waals surface area contributed by atoms with Crippen LogP contribution in [0.5, 0.6) is 11.5 Å². The summed E-state index contributed by atoms with van der Waals surface area (Å²) in [6.45, 7) is 4.78. The van der Waals surface area contributed by atoms with Crippen molar-refractivity contribution in [2.24, 2.45) is 5.41 Å². The first-order valence-electron chi connectivity index (χ1n) is 9.16. The zero-order valence-corrected chi connectivity index (χ0v) is 15.3. The largest absolute Gasteiger partial charge is 0.497 e. The molecule has 1 aliphatic carbocycles. The Labute approximate surface area is 145 Å². The molecule has 1 saturated carbocycles. The van der Waals surface area contributed by atoms with Crippen molar-refractivity contribution in [2.45, 2.75) is 64.1 Å². The second kappa shape index (κ2) is 5.52. The van der Waals surface area contributed by atoms with Crippen molar-refractivity contribution >= 4 is 5.57 Å². The molecule has 1 saturated heterocycles. The normalized spacial score (nSPS) is 30.9. The van der Waals surface area contributed by atoms with Crippen LogP contribution in [0.4, 0.5) is 0 Å². The molecule has 2 heterocycles. The Bertz CT molecular complexity index is 688. The van der Waals surface area contributed by atoms with Gasteiger partial charge in [0.2, 0.25) is 0 Å². The number of benzene rings is 1. The van der Waals surface area contributed by atoms with E-state index in [1.54, 1.807) is 14.2 Å². The predicted octanol–water partition coefficient (Wildman–Crippen LogP) is 4.99. The lowest BCUT2D eigenvalue weighted by molar-refractivity contribution is -0.141. The molecule has 2 bridgehead atoms. The first-order valence-corrected chi connectivity index (χ1v) is 9.16. The molecule has 130 valence electrons. The van der Waals surface area contributed by atoms with Crippen molar-refractivity contribution < 1.29 is 14.2 Å². The number of rotatable bonds is 3. The minimum absolute atomic E-state index is 0.0718. The summed E-state index contributed by atoms with van der Waals surface area (Å²) < 4.78 is 17.9. The standard InChI is InChI=1S/C21H28O3/c1-20(2)11-5-7-16-19(18-8-6-12-21(16,20)24-18)15-13-14(22-3)9-10-17(15)23-4/h9-10,13,18H,5-8,11-12H2,1-4H3/t18-,21+/m1/s1. The molecule has 0 amide bonds. The Morgan fingerprint density at radius 3 is 2.67 bits per heavy atom. The fourth-order valence-corrected chi connectivity index (χ4v) is 5.25. The van der Waals surface area contributed by atoms with E-state index in [0.29, 0.717) is 0 Å². The third-order valence-electron chi connectivity index (χ3n) is 6.49. The zero-order valence-electron chi connectivity index (χ0n) is 15.3. The van der Waals surface area contributed by atoms with E-state index in [0.717, 1.165) is 30.8 Å². The summed E-state index contributed by atoms with van der Waals surface area (Å²) in [6.07, 6.45) is 7.34. The average molecular weight is 328 g/mol. The molecule has 2 aliphatic heterocycles. The van der Waals surface area contributed by atoms with Gasteiger partial charge in [0.15, 0.2) is 0 Å². The van der Waals surface area contributed by atoms with Crippen LogP contribution in [0, 0.1) is 5.41 Å². The maximum absolute atomic E-state index is 6.77. The van der Waals surface area contributed by atoms with E-state index in [-0.39, 0.29) is 17.1 Å². The van der Waals surface area contributed by atoms with Gasteiger partial charge in [-0.05, 0) is 73.3 Å². The van der Waals surface area contributed by atoms with Crippen LogP contribution < -0.4 is 9.47 Å². The fourth-order valence-electron chi connectivity index (χ4n) is 5.25. The maximum atomic E-state index is 6.77. The quantitative estimate of drug-likeness (QED) is 0.782. The maximum Gasteiger partial charge on any atom is 0.126 e. The number of ether oxygens (including phenoxy) is 3. The monoisotopic (exact) mass is 328 g/mol. The van der Waals surface area contributed by atoms with E-state index in [1.807, 2.05) is 12.1 Å². The Morgan fingerprint density at radius 2 is 1.92 bits per heavy atom. The smallest absolute Gasteiger partial charge is 0.126 e. The van der Waals surface area contributed by atoms with E-state index in [4.69, 9.17) is 14.2 Å². The minimum Gasteiger partial charge on any atom is -0.497 e. The number of hydrogen-bond acceptors (Lipinski definition) is 3. The Kier molecular flexibility index (Phi) is 3.68. The number of methoxy groups -OCH3 is 2. The highest BCUT2D eigenvalue weighted by atomic mass is 16.5. The summed E-state index contributed by atoms with van der Waals surface area (Å²) >= 11 is 0. The van der Waals surface area contributed by atoms with Gasteiger partial charge in [-0.2, -0.15) is 0 Å². The van der Waals surface area contributed by atoms with Crippen LogP contribution in [-0.2, 0) is 4.74 Å². The average Bonchev–Trinajstić information content (AvgIpc) is 2.82. The molecule has 1 spiro atoms. The van der Waals surface area contributed by atoms with Gasteiger partial charge in [0.05, 0.1) is 25.9 Å². The molecule has 2 atom stereocenters. The van der Waals surface area contributed by atoms with Crippen molar-refractivity contribution in [1.82, 2.24) is 0 Å². The van der Waals surface area contributed by atoms with Crippen LogP contribution in [0.1, 0.15) is 57.9 Å². The molecule has 0 radical (unpaired) electrons. The van der Waals surface area contributed by atoms with Gasteiger partial charge in [0, 0.05) is 5.56 Å². The van der Waals surface area contributed by atoms with Gasteiger partial charge in [0.25, 0.3) is 0 Å². The first-order chi connectivity index (χ1) is 11.5. The molecule has 3 heteroatoms. The SMILES string of the molecule is COc1ccc(OC)c(C2=C3CCCC(C)(C)[C@]34CCC[C@H]2O4)c1. The van der Waals surface area contributed by atoms with Crippen molar-refractivity contribution in [2.75, 3.05) is 14.2 Å². The molecular formula is C21H28O3. The third kappa shape index (κ3) is 2.07. The van der Waals surface area contributed by atoms with E-state index < -0.39 is 0 Å². The highest BCUT2D eigenvalue weighted by Crippen LogP contribution is 2.62. The van der Waals surface area contributed by atoms with Crippen LogP contribution in [-0.4, -0.2) is 25.9 Å². The van der Waals surface area contributed by atoms with E-state index in [2.05, 4.69) is 19.9 Å². The highest BCUT2D eigenvalue weighted by Gasteiger charge is 2.58. The molecule has 24 heavy (non-hydrogen) atoms. The summed E-state index contributed by atoms with van der Waals surface area (Å²) in [5, 5.41) is 0. The number of hydrogen-bond donors (Lipinski definition) is 0. The Hall–Kier alpha value is -1.48. The molecule has 0 N–H and O–H groups in total.